The highest BCUT2D eigenvalue weighted by Gasteiger charge is 2.07. The van der Waals surface area contributed by atoms with Crippen molar-refractivity contribution >= 4 is 23.2 Å². The molecule has 106 valence electrons. The van der Waals surface area contributed by atoms with Gasteiger partial charge in [0.2, 0.25) is 0 Å². The first-order valence-corrected chi connectivity index (χ1v) is 6.85. The minimum Gasteiger partial charge on any atom is -0.487 e. The molecule has 5 heteroatoms. The molecule has 0 heterocycles. The third-order valence-electron chi connectivity index (χ3n) is 2.78. The predicted molar refractivity (Wildman–Crippen MR) is 80.0 cm³/mol. The molecule has 2 rings (SSSR count). The van der Waals surface area contributed by atoms with Gasteiger partial charge in [0.15, 0.2) is 0 Å². The van der Waals surface area contributed by atoms with Crippen molar-refractivity contribution in [1.29, 1.82) is 0 Å². The number of hydrogen-bond donors (Lipinski definition) is 1. The SMILES string of the molecule is CNCc1ccc(OCc2ccc(Cl)cc2F)c(Cl)c1. The van der Waals surface area contributed by atoms with Crippen molar-refractivity contribution in [3.05, 3.63) is 63.4 Å². The van der Waals surface area contributed by atoms with Crippen LogP contribution in [0.25, 0.3) is 0 Å². The summed E-state index contributed by atoms with van der Waals surface area (Å²) in [5.41, 5.74) is 1.49. The Kier molecular flexibility index (Phi) is 5.24. The Morgan fingerprint density at radius 3 is 2.60 bits per heavy atom. The molecule has 0 aliphatic rings. The summed E-state index contributed by atoms with van der Waals surface area (Å²) in [6.07, 6.45) is 0. The molecule has 2 aromatic rings. The minimum atomic E-state index is -0.388. The molecule has 1 N–H and O–H groups in total. The lowest BCUT2D eigenvalue weighted by atomic mass is 10.2. The van der Waals surface area contributed by atoms with Crippen molar-refractivity contribution in [2.24, 2.45) is 0 Å². The number of benzene rings is 2. The summed E-state index contributed by atoms with van der Waals surface area (Å²) in [4.78, 5) is 0. The van der Waals surface area contributed by atoms with E-state index < -0.39 is 0 Å². The van der Waals surface area contributed by atoms with E-state index in [-0.39, 0.29) is 12.4 Å². The maximum atomic E-state index is 13.6. The zero-order chi connectivity index (χ0) is 14.5. The van der Waals surface area contributed by atoms with Crippen LogP contribution >= 0.6 is 23.2 Å². The van der Waals surface area contributed by atoms with E-state index >= 15 is 0 Å². The van der Waals surface area contributed by atoms with Gasteiger partial charge in [-0.25, -0.2) is 4.39 Å². The molecule has 0 aliphatic heterocycles. The van der Waals surface area contributed by atoms with Crippen molar-refractivity contribution in [2.75, 3.05) is 7.05 Å². The van der Waals surface area contributed by atoms with Crippen LogP contribution in [0.2, 0.25) is 10.0 Å². The zero-order valence-electron chi connectivity index (χ0n) is 10.9. The largest absolute Gasteiger partial charge is 0.487 e. The lowest BCUT2D eigenvalue weighted by Gasteiger charge is -2.10. The standard InChI is InChI=1S/C15H14Cl2FNO/c1-19-8-10-2-5-15(13(17)6-10)20-9-11-3-4-12(16)7-14(11)18/h2-7,19H,8-9H2,1H3. The van der Waals surface area contributed by atoms with E-state index in [0.717, 1.165) is 12.1 Å². The molecular weight excluding hydrogens is 300 g/mol. The molecule has 0 spiro atoms. The Hall–Kier alpha value is -1.29. The number of hydrogen-bond acceptors (Lipinski definition) is 2. The van der Waals surface area contributed by atoms with Gasteiger partial charge < -0.3 is 10.1 Å². The quantitative estimate of drug-likeness (QED) is 0.881. The Bertz CT molecular complexity index is 604. The van der Waals surface area contributed by atoms with Crippen LogP contribution in [0.15, 0.2) is 36.4 Å². The monoisotopic (exact) mass is 313 g/mol. The van der Waals surface area contributed by atoms with Crippen LogP contribution in [0.5, 0.6) is 5.75 Å². The third kappa shape index (κ3) is 3.85. The average Bonchev–Trinajstić information content (AvgIpc) is 2.40. The van der Waals surface area contributed by atoms with Crippen LogP contribution in [0.3, 0.4) is 0 Å². The first kappa shape index (κ1) is 15.1. The van der Waals surface area contributed by atoms with E-state index in [1.807, 2.05) is 19.2 Å². The molecular formula is C15H14Cl2FNO. The molecule has 0 radical (unpaired) electrons. The van der Waals surface area contributed by atoms with E-state index in [9.17, 15) is 4.39 Å². The Balaban J connectivity index is 2.07. The summed E-state index contributed by atoms with van der Waals surface area (Å²) in [7, 11) is 1.86. The Morgan fingerprint density at radius 1 is 1.15 bits per heavy atom. The lowest BCUT2D eigenvalue weighted by Crippen LogP contribution is -2.05. The second-order valence-electron chi connectivity index (χ2n) is 4.32. The highest BCUT2D eigenvalue weighted by atomic mass is 35.5. The van der Waals surface area contributed by atoms with E-state index in [1.165, 1.54) is 6.07 Å². The second kappa shape index (κ2) is 6.93. The van der Waals surface area contributed by atoms with Gasteiger partial charge in [-0.3, -0.25) is 0 Å². The van der Waals surface area contributed by atoms with Crippen molar-refractivity contribution in [1.82, 2.24) is 5.32 Å². The predicted octanol–water partition coefficient (Wildman–Crippen LogP) is 4.43. The molecule has 20 heavy (non-hydrogen) atoms. The fourth-order valence-corrected chi connectivity index (χ4v) is 2.19. The van der Waals surface area contributed by atoms with Crippen LogP contribution in [0.4, 0.5) is 4.39 Å². The molecule has 0 saturated carbocycles. The highest BCUT2D eigenvalue weighted by molar-refractivity contribution is 6.32. The van der Waals surface area contributed by atoms with Crippen LogP contribution < -0.4 is 10.1 Å². The summed E-state index contributed by atoms with van der Waals surface area (Å²) in [6, 6.07) is 10.0. The van der Waals surface area contributed by atoms with Crippen molar-refractivity contribution < 1.29 is 9.13 Å². The fourth-order valence-electron chi connectivity index (χ4n) is 1.77. The summed E-state index contributed by atoms with van der Waals surface area (Å²) in [6.45, 7) is 0.833. The van der Waals surface area contributed by atoms with Crippen LogP contribution in [0.1, 0.15) is 11.1 Å². The molecule has 0 saturated heterocycles. The number of nitrogens with one attached hydrogen (secondary N) is 1. The maximum absolute atomic E-state index is 13.6. The van der Waals surface area contributed by atoms with Crippen LogP contribution in [-0.4, -0.2) is 7.05 Å². The molecule has 2 aromatic carbocycles. The van der Waals surface area contributed by atoms with E-state index in [4.69, 9.17) is 27.9 Å². The maximum Gasteiger partial charge on any atom is 0.138 e. The second-order valence-corrected chi connectivity index (χ2v) is 5.16. The number of ether oxygens (including phenoxy) is 1. The topological polar surface area (TPSA) is 21.3 Å². The highest BCUT2D eigenvalue weighted by Crippen LogP contribution is 2.27. The molecule has 2 nitrogen and oxygen atoms in total. The summed E-state index contributed by atoms with van der Waals surface area (Å²) >= 11 is 11.8. The van der Waals surface area contributed by atoms with Crippen molar-refractivity contribution in [3.63, 3.8) is 0 Å². The van der Waals surface area contributed by atoms with Crippen molar-refractivity contribution in [2.45, 2.75) is 13.2 Å². The van der Waals surface area contributed by atoms with E-state index in [2.05, 4.69) is 5.32 Å². The van der Waals surface area contributed by atoms with E-state index in [1.54, 1.807) is 18.2 Å². The van der Waals surface area contributed by atoms with Gasteiger partial charge in [0, 0.05) is 17.1 Å². The zero-order valence-corrected chi connectivity index (χ0v) is 12.4. The summed E-state index contributed by atoms with van der Waals surface area (Å²) in [5.74, 6) is 0.140. The minimum absolute atomic E-state index is 0.105. The van der Waals surface area contributed by atoms with Gasteiger partial charge in [-0.15, -0.1) is 0 Å². The van der Waals surface area contributed by atoms with Gasteiger partial charge in [0.25, 0.3) is 0 Å². The average molecular weight is 314 g/mol. The molecule has 0 bridgehead atoms. The smallest absolute Gasteiger partial charge is 0.138 e. The first-order valence-electron chi connectivity index (χ1n) is 6.10. The van der Waals surface area contributed by atoms with Crippen LogP contribution in [0, 0.1) is 5.82 Å². The van der Waals surface area contributed by atoms with E-state index in [0.29, 0.717) is 21.4 Å². The molecule has 0 atom stereocenters. The van der Waals surface area contributed by atoms with Gasteiger partial charge in [-0.1, -0.05) is 35.3 Å². The lowest BCUT2D eigenvalue weighted by molar-refractivity contribution is 0.300. The van der Waals surface area contributed by atoms with Gasteiger partial charge in [-0.05, 0) is 36.9 Å². The molecule has 0 aromatic heterocycles. The summed E-state index contributed by atoms with van der Waals surface area (Å²) < 4.78 is 19.2. The molecule has 0 fully saturated rings. The fraction of sp³-hybridized carbons (Fsp3) is 0.200. The first-order chi connectivity index (χ1) is 9.60. The summed E-state index contributed by atoms with van der Waals surface area (Å²) in [5, 5.41) is 3.91. The number of halogens is 3. The van der Waals surface area contributed by atoms with Gasteiger partial charge in [0.1, 0.15) is 18.2 Å². The molecule has 0 amide bonds. The third-order valence-corrected chi connectivity index (χ3v) is 3.31. The molecule has 0 unspecified atom stereocenters. The van der Waals surface area contributed by atoms with Crippen molar-refractivity contribution in [3.8, 4) is 5.75 Å². The Morgan fingerprint density at radius 2 is 1.95 bits per heavy atom. The van der Waals surface area contributed by atoms with Gasteiger partial charge in [0.05, 0.1) is 5.02 Å². The van der Waals surface area contributed by atoms with Crippen LogP contribution in [-0.2, 0) is 13.2 Å². The molecule has 0 aliphatic carbocycles. The van der Waals surface area contributed by atoms with Gasteiger partial charge in [-0.2, -0.15) is 0 Å². The Labute approximate surface area is 127 Å². The normalized spacial score (nSPS) is 10.6. The van der Waals surface area contributed by atoms with Gasteiger partial charge >= 0.3 is 0 Å². The number of rotatable bonds is 5.